The Morgan fingerprint density at radius 2 is 1.63 bits per heavy atom. The number of thioether (sulfide) groups is 1. The van der Waals surface area contributed by atoms with E-state index >= 15 is 0 Å². The van der Waals surface area contributed by atoms with Gasteiger partial charge >= 0.3 is 11.9 Å². The van der Waals surface area contributed by atoms with Crippen LogP contribution in [0.15, 0.2) is 34.7 Å². The van der Waals surface area contributed by atoms with E-state index in [1.807, 2.05) is 24.3 Å². The largest absolute Gasteiger partial charge is 0.497 e. The summed E-state index contributed by atoms with van der Waals surface area (Å²) in [6, 6.07) is 7.85. The molecule has 1 fully saturated rings. The number of methoxy groups -OCH3 is 3. The maximum absolute atomic E-state index is 13.0. The van der Waals surface area contributed by atoms with Crippen LogP contribution in [0.1, 0.15) is 45.1 Å². The van der Waals surface area contributed by atoms with Crippen molar-refractivity contribution in [1.82, 2.24) is 0 Å². The first-order valence-electron chi connectivity index (χ1n) is 10.4. The molecule has 1 aliphatic heterocycles. The van der Waals surface area contributed by atoms with Crippen LogP contribution in [0.5, 0.6) is 5.75 Å². The maximum Gasteiger partial charge on any atom is 0.320 e. The fourth-order valence-corrected chi connectivity index (χ4v) is 7.85. The first-order valence-corrected chi connectivity index (χ1v) is 11.3. The molecule has 6 heteroatoms. The molecule has 30 heavy (non-hydrogen) atoms. The number of hydrogen-bond acceptors (Lipinski definition) is 6. The molecule has 4 rings (SSSR count). The Labute approximate surface area is 182 Å². The van der Waals surface area contributed by atoms with Crippen molar-refractivity contribution >= 4 is 23.7 Å². The number of ether oxygens (including phenoxy) is 3. The van der Waals surface area contributed by atoms with E-state index in [0.29, 0.717) is 5.92 Å². The number of carbonyl (C=O) groups excluding carboxylic acids is 2. The number of benzene rings is 1. The summed E-state index contributed by atoms with van der Waals surface area (Å²) < 4.78 is 15.7. The monoisotopic (exact) mass is 430 g/mol. The Hall–Kier alpha value is -1.95. The Morgan fingerprint density at radius 1 is 1.00 bits per heavy atom. The minimum Gasteiger partial charge on any atom is -0.497 e. The van der Waals surface area contributed by atoms with Crippen molar-refractivity contribution in [2.75, 3.05) is 21.3 Å². The summed E-state index contributed by atoms with van der Waals surface area (Å²) in [6.45, 7) is 6.98. The zero-order valence-corrected chi connectivity index (χ0v) is 19.3. The molecule has 1 saturated carbocycles. The summed E-state index contributed by atoms with van der Waals surface area (Å²) in [6.07, 6.45) is 2.20. The van der Waals surface area contributed by atoms with Crippen molar-refractivity contribution in [3.63, 3.8) is 0 Å². The van der Waals surface area contributed by atoms with Gasteiger partial charge in [-0.25, -0.2) is 0 Å². The molecule has 1 aromatic rings. The highest BCUT2D eigenvalue weighted by atomic mass is 32.2. The lowest BCUT2D eigenvalue weighted by Gasteiger charge is -2.42. The van der Waals surface area contributed by atoms with E-state index in [1.165, 1.54) is 36.5 Å². The Balaban J connectivity index is 1.93. The average molecular weight is 431 g/mol. The molecule has 0 unspecified atom stereocenters. The molecule has 0 N–H and O–H groups in total. The van der Waals surface area contributed by atoms with Crippen LogP contribution < -0.4 is 4.74 Å². The van der Waals surface area contributed by atoms with Crippen LogP contribution in [0.3, 0.4) is 0 Å². The molecule has 0 aromatic heterocycles. The molecule has 5 nitrogen and oxygen atoms in total. The van der Waals surface area contributed by atoms with Crippen molar-refractivity contribution in [2.24, 2.45) is 22.7 Å². The summed E-state index contributed by atoms with van der Waals surface area (Å²) in [5, 5.41) is -0.625. The molecule has 5 atom stereocenters. The van der Waals surface area contributed by atoms with E-state index in [1.54, 1.807) is 7.11 Å². The SMILES string of the molecule is COC(=O)[C@@H]1[C@@H](c2ccc(OC)cc2)C2=C(S[C@H]1C(=O)OC)[C@]1(C)CC[C@H]2C1(C)C. The minimum absolute atomic E-state index is 0.00422. The molecule has 3 aliphatic rings. The van der Waals surface area contributed by atoms with Crippen molar-refractivity contribution < 1.29 is 23.8 Å². The van der Waals surface area contributed by atoms with Gasteiger partial charge in [-0.3, -0.25) is 9.59 Å². The third kappa shape index (κ3) is 2.75. The van der Waals surface area contributed by atoms with Gasteiger partial charge in [-0.15, -0.1) is 11.8 Å². The van der Waals surface area contributed by atoms with Crippen LogP contribution in [-0.4, -0.2) is 38.5 Å². The normalized spacial score (nSPS) is 33.8. The second kappa shape index (κ2) is 7.33. The summed E-state index contributed by atoms with van der Waals surface area (Å²) in [5.41, 5.74) is 2.40. The number of allylic oxidation sites excluding steroid dienone is 2. The highest BCUT2D eigenvalue weighted by molar-refractivity contribution is 8.04. The fourth-order valence-electron chi connectivity index (χ4n) is 5.96. The molecule has 1 aromatic carbocycles. The van der Waals surface area contributed by atoms with Crippen LogP contribution in [-0.2, 0) is 19.1 Å². The summed E-state index contributed by atoms with van der Waals surface area (Å²) in [4.78, 5) is 27.2. The van der Waals surface area contributed by atoms with E-state index in [9.17, 15) is 9.59 Å². The molecule has 0 amide bonds. The zero-order valence-electron chi connectivity index (χ0n) is 18.5. The number of fused-ring (bicyclic) bond motifs is 4. The van der Waals surface area contributed by atoms with Crippen molar-refractivity contribution in [3.05, 3.63) is 40.3 Å². The molecule has 1 heterocycles. The lowest BCUT2D eigenvalue weighted by atomic mass is 9.69. The predicted octanol–water partition coefficient (Wildman–Crippen LogP) is 4.57. The molecule has 162 valence electrons. The average Bonchev–Trinajstić information content (AvgIpc) is 3.09. The Morgan fingerprint density at radius 3 is 2.20 bits per heavy atom. The molecule has 0 saturated heterocycles. The summed E-state index contributed by atoms with van der Waals surface area (Å²) in [5.74, 6) is -0.436. The number of carbonyl (C=O) groups is 2. The quantitative estimate of drug-likeness (QED) is 0.652. The van der Waals surface area contributed by atoms with Gasteiger partial charge in [0.05, 0.1) is 27.2 Å². The summed E-state index contributed by atoms with van der Waals surface area (Å²) in [7, 11) is 4.41. The number of rotatable bonds is 4. The minimum atomic E-state index is -0.627. The summed E-state index contributed by atoms with van der Waals surface area (Å²) >= 11 is 1.54. The van der Waals surface area contributed by atoms with E-state index in [2.05, 4.69) is 20.8 Å². The molecule has 2 bridgehead atoms. The fraction of sp³-hybridized carbons (Fsp3) is 0.583. The van der Waals surface area contributed by atoms with E-state index < -0.39 is 11.2 Å². The van der Waals surface area contributed by atoms with Crippen molar-refractivity contribution in [1.29, 1.82) is 0 Å². The van der Waals surface area contributed by atoms with Crippen molar-refractivity contribution in [2.45, 2.75) is 44.8 Å². The van der Waals surface area contributed by atoms with Gasteiger partial charge in [0.2, 0.25) is 0 Å². The van der Waals surface area contributed by atoms with Crippen LogP contribution in [0.4, 0.5) is 0 Å². The van der Waals surface area contributed by atoms with E-state index in [-0.39, 0.29) is 28.7 Å². The topological polar surface area (TPSA) is 61.8 Å². The van der Waals surface area contributed by atoms with Gasteiger partial charge in [-0.1, -0.05) is 32.9 Å². The smallest absolute Gasteiger partial charge is 0.320 e. The van der Waals surface area contributed by atoms with Gasteiger partial charge in [0.1, 0.15) is 11.0 Å². The van der Waals surface area contributed by atoms with Gasteiger partial charge in [0, 0.05) is 11.3 Å². The first kappa shape index (κ1) is 21.3. The molecular formula is C24H30O5S. The third-order valence-corrected chi connectivity index (χ3v) is 9.67. The Kier molecular flexibility index (Phi) is 5.20. The van der Waals surface area contributed by atoms with E-state index in [4.69, 9.17) is 14.2 Å². The van der Waals surface area contributed by atoms with Crippen LogP contribution in [0, 0.1) is 22.7 Å². The van der Waals surface area contributed by atoms with Crippen LogP contribution >= 0.6 is 11.8 Å². The highest BCUT2D eigenvalue weighted by Gasteiger charge is 2.65. The molecule has 0 radical (unpaired) electrons. The second-order valence-corrected chi connectivity index (χ2v) is 10.4. The molecule has 0 spiro atoms. The second-order valence-electron chi connectivity index (χ2n) is 9.29. The zero-order chi connectivity index (χ0) is 21.8. The predicted molar refractivity (Wildman–Crippen MR) is 116 cm³/mol. The third-order valence-electron chi connectivity index (χ3n) is 8.01. The first-order chi connectivity index (χ1) is 14.2. The number of hydrogen-bond donors (Lipinski definition) is 0. The molecule has 2 aliphatic carbocycles. The Bertz CT molecular complexity index is 903. The standard InChI is InChI=1S/C24H30O5S/c1-23(2)15-11-12-24(23,3)20-17(15)16(13-7-9-14(27-4)10-8-13)18(21(25)28-5)19(30-20)22(26)29-6/h7-10,15-16,18-19H,11-12H2,1-6H3/t15-,16+,18-,19-,24+/m1/s1. The van der Waals surface area contributed by atoms with Gasteiger partial charge in [-0.05, 0) is 52.3 Å². The lowest BCUT2D eigenvalue weighted by molar-refractivity contribution is -0.152. The van der Waals surface area contributed by atoms with Crippen molar-refractivity contribution in [3.8, 4) is 5.75 Å². The maximum atomic E-state index is 13.0. The molecular weight excluding hydrogens is 400 g/mol. The highest BCUT2D eigenvalue weighted by Crippen LogP contribution is 2.74. The van der Waals surface area contributed by atoms with Crippen LogP contribution in [0.25, 0.3) is 0 Å². The lowest BCUT2D eigenvalue weighted by Crippen LogP contribution is -2.43. The van der Waals surface area contributed by atoms with E-state index in [0.717, 1.165) is 24.2 Å². The van der Waals surface area contributed by atoms with Gasteiger partial charge in [-0.2, -0.15) is 0 Å². The van der Waals surface area contributed by atoms with Crippen LogP contribution in [0.2, 0.25) is 0 Å². The number of esters is 2. The van der Waals surface area contributed by atoms with Gasteiger partial charge in [0.15, 0.2) is 0 Å². The van der Waals surface area contributed by atoms with Gasteiger partial charge in [0.25, 0.3) is 0 Å². The van der Waals surface area contributed by atoms with Gasteiger partial charge < -0.3 is 14.2 Å².